The summed E-state index contributed by atoms with van der Waals surface area (Å²) >= 11 is 5.96. The Hall–Kier alpha value is -3.71. The van der Waals surface area contributed by atoms with E-state index in [4.69, 9.17) is 16.3 Å². The van der Waals surface area contributed by atoms with Crippen LogP contribution in [-0.2, 0) is 15.6 Å². The molecule has 3 rings (SSSR count). The number of ether oxygens (including phenoxy) is 1. The summed E-state index contributed by atoms with van der Waals surface area (Å²) in [6, 6.07) is 17.0. The molecule has 3 aromatic carbocycles. The highest BCUT2D eigenvalue weighted by Gasteiger charge is 2.29. The van der Waals surface area contributed by atoms with Crippen molar-refractivity contribution in [1.29, 1.82) is 0 Å². The van der Waals surface area contributed by atoms with E-state index >= 15 is 0 Å². The number of nitrogens with one attached hydrogen (secondary N) is 3. The summed E-state index contributed by atoms with van der Waals surface area (Å²) in [6.07, 6.45) is 1.64. The lowest BCUT2D eigenvalue weighted by Gasteiger charge is -2.31. The van der Waals surface area contributed by atoms with Crippen molar-refractivity contribution in [2.75, 3.05) is 16.0 Å². The Labute approximate surface area is 248 Å². The van der Waals surface area contributed by atoms with Gasteiger partial charge in [0.15, 0.2) is 6.10 Å². The number of carbonyl (C=O) groups is 2. The molecule has 7 nitrogen and oxygen atoms in total. The van der Waals surface area contributed by atoms with Crippen LogP contribution in [0.15, 0.2) is 60.7 Å². The molecular weight excluding hydrogens is 538 g/mol. The topological polar surface area (TPSA) is 99.7 Å². The van der Waals surface area contributed by atoms with Crippen LogP contribution in [0.5, 0.6) is 11.5 Å². The summed E-state index contributed by atoms with van der Waals surface area (Å²) in [7, 11) is 0. The van der Waals surface area contributed by atoms with Crippen molar-refractivity contribution in [2.24, 2.45) is 0 Å². The first-order valence-corrected chi connectivity index (χ1v) is 14.5. The number of carbonyl (C=O) groups excluding carboxylic acids is 2. The molecule has 4 N–H and O–H groups in total. The van der Waals surface area contributed by atoms with E-state index in [-0.39, 0.29) is 28.2 Å². The minimum absolute atomic E-state index is 0.0254. The molecule has 0 radical (unpaired) electrons. The molecule has 0 bridgehead atoms. The molecule has 0 aromatic heterocycles. The van der Waals surface area contributed by atoms with E-state index in [2.05, 4.69) is 69.6 Å². The number of hydrogen-bond acceptors (Lipinski definition) is 4. The van der Waals surface area contributed by atoms with Gasteiger partial charge in [0.05, 0.1) is 5.69 Å². The van der Waals surface area contributed by atoms with Gasteiger partial charge in [0.25, 0.3) is 5.91 Å². The van der Waals surface area contributed by atoms with E-state index in [1.54, 1.807) is 30.3 Å². The van der Waals surface area contributed by atoms with Crippen molar-refractivity contribution in [2.45, 2.75) is 84.7 Å². The van der Waals surface area contributed by atoms with Gasteiger partial charge in [-0.1, -0.05) is 78.3 Å². The van der Waals surface area contributed by atoms with Gasteiger partial charge < -0.3 is 25.8 Å². The largest absolute Gasteiger partial charge is 0.506 e. The van der Waals surface area contributed by atoms with Crippen molar-refractivity contribution in [3.63, 3.8) is 0 Å². The fourth-order valence-corrected chi connectivity index (χ4v) is 4.43. The van der Waals surface area contributed by atoms with Gasteiger partial charge in [-0.2, -0.15) is 0 Å². The van der Waals surface area contributed by atoms with Crippen molar-refractivity contribution in [1.82, 2.24) is 0 Å². The molecule has 8 heteroatoms. The van der Waals surface area contributed by atoms with Crippen molar-refractivity contribution in [3.8, 4) is 11.5 Å². The molecule has 0 fully saturated rings. The van der Waals surface area contributed by atoms with E-state index in [0.29, 0.717) is 28.6 Å². The van der Waals surface area contributed by atoms with Crippen LogP contribution in [0.2, 0.25) is 5.02 Å². The van der Waals surface area contributed by atoms with E-state index in [1.807, 2.05) is 13.0 Å². The van der Waals surface area contributed by atoms with Crippen LogP contribution in [0.3, 0.4) is 0 Å². The smallest absolute Gasteiger partial charge is 0.323 e. The Balaban J connectivity index is 1.73. The molecule has 0 aliphatic carbocycles. The van der Waals surface area contributed by atoms with Crippen LogP contribution in [0.4, 0.5) is 21.9 Å². The summed E-state index contributed by atoms with van der Waals surface area (Å²) < 4.78 is 6.34. The van der Waals surface area contributed by atoms with Crippen LogP contribution in [0.25, 0.3) is 0 Å². The molecule has 41 heavy (non-hydrogen) atoms. The van der Waals surface area contributed by atoms with Gasteiger partial charge in [-0.3, -0.25) is 4.79 Å². The molecule has 3 amide bonds. The first-order chi connectivity index (χ1) is 19.3. The predicted molar refractivity (Wildman–Crippen MR) is 169 cm³/mol. The quantitative estimate of drug-likeness (QED) is 0.170. The highest BCUT2D eigenvalue weighted by Crippen LogP contribution is 2.39. The maximum atomic E-state index is 13.2. The first-order valence-electron chi connectivity index (χ1n) is 14.1. The zero-order valence-electron chi connectivity index (χ0n) is 25.0. The van der Waals surface area contributed by atoms with Crippen LogP contribution in [0.1, 0.15) is 78.9 Å². The third-order valence-electron chi connectivity index (χ3n) is 7.79. The van der Waals surface area contributed by atoms with Crippen molar-refractivity contribution >= 4 is 40.6 Å². The number of aromatic hydroxyl groups is 1. The average Bonchev–Trinajstić information content (AvgIpc) is 2.93. The Morgan fingerprint density at radius 1 is 0.854 bits per heavy atom. The van der Waals surface area contributed by atoms with Gasteiger partial charge in [-0.05, 0) is 72.1 Å². The second kappa shape index (κ2) is 13.3. The average molecular weight is 580 g/mol. The lowest BCUT2D eigenvalue weighted by Crippen LogP contribution is -2.33. The predicted octanol–water partition coefficient (Wildman–Crippen LogP) is 8.86. The lowest BCUT2D eigenvalue weighted by molar-refractivity contribution is -0.122. The number of benzene rings is 3. The minimum Gasteiger partial charge on any atom is -0.506 e. The number of anilines is 3. The number of phenols is 1. The number of rotatable bonds is 11. The molecule has 0 unspecified atom stereocenters. The van der Waals surface area contributed by atoms with Crippen LogP contribution >= 0.6 is 11.6 Å². The summed E-state index contributed by atoms with van der Waals surface area (Å²) in [4.78, 5) is 25.6. The van der Waals surface area contributed by atoms with Crippen molar-refractivity contribution < 1.29 is 19.4 Å². The van der Waals surface area contributed by atoms with E-state index < -0.39 is 12.1 Å². The molecule has 0 heterocycles. The summed E-state index contributed by atoms with van der Waals surface area (Å²) in [5.74, 6) is 0.172. The normalized spacial score (nSPS) is 12.4. The molecule has 3 aromatic rings. The van der Waals surface area contributed by atoms with Crippen LogP contribution < -0.4 is 20.7 Å². The van der Waals surface area contributed by atoms with E-state index in [9.17, 15) is 14.7 Å². The van der Waals surface area contributed by atoms with Crippen molar-refractivity contribution in [3.05, 3.63) is 76.8 Å². The Morgan fingerprint density at radius 2 is 1.54 bits per heavy atom. The maximum absolute atomic E-state index is 13.2. The molecule has 220 valence electrons. The van der Waals surface area contributed by atoms with Gasteiger partial charge in [-0.25, -0.2) is 4.79 Å². The highest BCUT2D eigenvalue weighted by molar-refractivity contribution is 6.30. The number of phenolic OH excluding ortho intramolecular Hbond substituents is 1. The number of hydrogen-bond donors (Lipinski definition) is 4. The number of urea groups is 1. The van der Waals surface area contributed by atoms with Gasteiger partial charge in [0.1, 0.15) is 11.5 Å². The van der Waals surface area contributed by atoms with E-state index in [1.165, 1.54) is 17.7 Å². The molecule has 0 aliphatic rings. The van der Waals surface area contributed by atoms with E-state index in [0.717, 1.165) is 18.4 Å². The second-order valence-corrected chi connectivity index (χ2v) is 11.9. The lowest BCUT2D eigenvalue weighted by atomic mass is 9.76. The molecule has 1 atom stereocenters. The van der Waals surface area contributed by atoms with Crippen LogP contribution in [0, 0.1) is 0 Å². The zero-order valence-corrected chi connectivity index (χ0v) is 25.8. The number of halogens is 1. The maximum Gasteiger partial charge on any atom is 0.323 e. The fourth-order valence-electron chi connectivity index (χ4n) is 4.24. The highest BCUT2D eigenvalue weighted by atomic mass is 35.5. The SMILES string of the molecule is CC[C@@H](Oc1ccc(C(C)(C)CC)cc1C(C)(C)CC)C(=O)Nc1ccc(NC(=O)Nc2cccc(Cl)c2)c(O)c1. The van der Waals surface area contributed by atoms with Gasteiger partial charge in [0, 0.05) is 28.0 Å². The summed E-state index contributed by atoms with van der Waals surface area (Å²) in [5.41, 5.74) is 3.28. The van der Waals surface area contributed by atoms with Gasteiger partial charge in [0.2, 0.25) is 0 Å². The third kappa shape index (κ3) is 8.17. The van der Waals surface area contributed by atoms with Gasteiger partial charge in [-0.15, -0.1) is 0 Å². The summed E-state index contributed by atoms with van der Waals surface area (Å²) in [6.45, 7) is 15.1. The Morgan fingerprint density at radius 3 is 2.15 bits per heavy atom. The Kier molecular flexibility index (Phi) is 10.3. The molecule has 0 saturated heterocycles. The third-order valence-corrected chi connectivity index (χ3v) is 8.02. The Bertz CT molecular complexity index is 1390. The first kappa shape index (κ1) is 31.8. The number of amides is 3. The zero-order chi connectivity index (χ0) is 30.4. The monoisotopic (exact) mass is 579 g/mol. The molecule has 0 saturated carbocycles. The minimum atomic E-state index is -0.741. The van der Waals surface area contributed by atoms with Gasteiger partial charge >= 0.3 is 6.03 Å². The second-order valence-electron chi connectivity index (χ2n) is 11.5. The fraction of sp³-hybridized carbons (Fsp3) is 0.394. The van der Waals surface area contributed by atoms with Crippen LogP contribution in [-0.4, -0.2) is 23.1 Å². The summed E-state index contributed by atoms with van der Waals surface area (Å²) in [5, 5.41) is 19.1. The molecule has 0 spiro atoms. The molecule has 0 aliphatic heterocycles. The molecular formula is C33H42ClN3O4. The standard InChI is InChI=1S/C33H42ClN3O4/c1-8-28(41-29-17-14-21(32(4,5)9-2)18-25(29)33(6,7)10-3)30(39)35-24-15-16-26(27(38)20-24)37-31(40)36-23-13-11-12-22(34)19-23/h11-20,28,38H,8-10H2,1-7H3,(H,35,39)(H2,36,37,40)/t28-/m1/s1.